The predicted octanol–water partition coefficient (Wildman–Crippen LogP) is 5.07. The van der Waals surface area contributed by atoms with Crippen LogP contribution in [-0.2, 0) is 4.74 Å². The summed E-state index contributed by atoms with van der Waals surface area (Å²) in [6.45, 7) is 2.77. The Morgan fingerprint density at radius 2 is 1.47 bits per heavy atom. The van der Waals surface area contributed by atoms with Crippen LogP contribution in [-0.4, -0.2) is 38.2 Å². The molecule has 8 heteroatoms. The van der Waals surface area contributed by atoms with Gasteiger partial charge in [-0.15, -0.1) is 0 Å². The van der Waals surface area contributed by atoms with E-state index in [9.17, 15) is 9.59 Å². The van der Waals surface area contributed by atoms with E-state index in [1.165, 1.54) is 0 Å². The number of ether oxygens (including phenoxy) is 1. The van der Waals surface area contributed by atoms with Crippen LogP contribution in [0.2, 0.25) is 5.02 Å². The van der Waals surface area contributed by atoms with Crippen molar-refractivity contribution in [2.45, 2.75) is 0 Å². The van der Waals surface area contributed by atoms with Crippen LogP contribution in [0.1, 0.15) is 10.4 Å². The van der Waals surface area contributed by atoms with Crippen LogP contribution < -0.4 is 20.9 Å². The number of hydrogen-bond acceptors (Lipinski definition) is 4. The van der Waals surface area contributed by atoms with Crippen molar-refractivity contribution >= 4 is 46.3 Å². The highest BCUT2D eigenvalue weighted by molar-refractivity contribution is 6.31. The molecule has 0 unspecified atom stereocenters. The number of nitrogens with one attached hydrogen (secondary N) is 3. The molecule has 3 amide bonds. The van der Waals surface area contributed by atoms with Gasteiger partial charge in [-0.2, -0.15) is 0 Å². The van der Waals surface area contributed by atoms with Gasteiger partial charge in [0.05, 0.1) is 24.6 Å². The van der Waals surface area contributed by atoms with Crippen LogP contribution in [0.15, 0.2) is 72.8 Å². The highest BCUT2D eigenvalue weighted by atomic mass is 35.5. The molecule has 0 saturated carbocycles. The van der Waals surface area contributed by atoms with Gasteiger partial charge in [-0.3, -0.25) is 4.79 Å². The second kappa shape index (κ2) is 10.2. The van der Waals surface area contributed by atoms with E-state index in [1.54, 1.807) is 42.5 Å². The minimum Gasteiger partial charge on any atom is -0.378 e. The maximum atomic E-state index is 12.8. The first kappa shape index (κ1) is 21.7. The normalized spacial score (nSPS) is 13.3. The van der Waals surface area contributed by atoms with E-state index in [4.69, 9.17) is 16.3 Å². The number of amides is 3. The van der Waals surface area contributed by atoms with Crippen molar-refractivity contribution in [1.29, 1.82) is 0 Å². The van der Waals surface area contributed by atoms with Gasteiger partial charge < -0.3 is 25.6 Å². The maximum Gasteiger partial charge on any atom is 0.323 e. The summed E-state index contributed by atoms with van der Waals surface area (Å²) in [5.41, 5.74) is 3.29. The van der Waals surface area contributed by atoms with Crippen LogP contribution >= 0.6 is 11.6 Å². The number of carbonyl (C=O) groups excluding carboxylic acids is 2. The zero-order chi connectivity index (χ0) is 22.3. The lowest BCUT2D eigenvalue weighted by Crippen LogP contribution is -2.36. The summed E-state index contributed by atoms with van der Waals surface area (Å²) in [4.78, 5) is 27.1. The Balaban J connectivity index is 1.41. The van der Waals surface area contributed by atoms with Gasteiger partial charge in [0.15, 0.2) is 0 Å². The molecule has 1 heterocycles. The zero-order valence-corrected chi connectivity index (χ0v) is 18.1. The van der Waals surface area contributed by atoms with E-state index in [0.29, 0.717) is 40.9 Å². The number of benzene rings is 3. The molecule has 0 aromatic heterocycles. The molecule has 0 atom stereocenters. The Morgan fingerprint density at radius 1 is 0.812 bits per heavy atom. The Morgan fingerprint density at radius 3 is 2.16 bits per heavy atom. The summed E-state index contributed by atoms with van der Waals surface area (Å²) < 4.78 is 5.42. The predicted molar refractivity (Wildman–Crippen MR) is 128 cm³/mol. The second-order valence-electron chi connectivity index (χ2n) is 7.24. The quantitative estimate of drug-likeness (QED) is 0.506. The summed E-state index contributed by atoms with van der Waals surface area (Å²) in [6, 6.07) is 20.9. The SMILES string of the molecule is O=C(Nc1ccccc1)Nc1ccc(C(=O)Nc2cc(Cl)ccc2N2CCOCC2)cc1. The molecule has 3 aromatic rings. The van der Waals surface area contributed by atoms with Gasteiger partial charge in [-0.05, 0) is 54.6 Å². The third-order valence-electron chi connectivity index (χ3n) is 5.00. The van der Waals surface area contributed by atoms with Crippen LogP contribution in [0.3, 0.4) is 0 Å². The summed E-state index contributed by atoms with van der Waals surface area (Å²) in [6.07, 6.45) is 0. The van der Waals surface area contributed by atoms with Crippen molar-refractivity contribution in [3.05, 3.63) is 83.4 Å². The summed E-state index contributed by atoms with van der Waals surface area (Å²) in [7, 11) is 0. The largest absolute Gasteiger partial charge is 0.378 e. The molecule has 4 rings (SSSR count). The van der Waals surface area contributed by atoms with Gasteiger partial charge in [0.25, 0.3) is 5.91 Å². The molecule has 1 saturated heterocycles. The smallest absolute Gasteiger partial charge is 0.323 e. The first-order chi connectivity index (χ1) is 15.6. The third-order valence-corrected chi connectivity index (χ3v) is 5.23. The van der Waals surface area contributed by atoms with E-state index in [2.05, 4.69) is 20.9 Å². The minimum absolute atomic E-state index is 0.262. The number of anilines is 4. The molecular weight excluding hydrogens is 428 g/mol. The second-order valence-corrected chi connectivity index (χ2v) is 7.67. The topological polar surface area (TPSA) is 82.7 Å². The first-order valence-electron chi connectivity index (χ1n) is 10.3. The van der Waals surface area contributed by atoms with Crippen LogP contribution in [0, 0.1) is 0 Å². The molecule has 7 nitrogen and oxygen atoms in total. The fourth-order valence-electron chi connectivity index (χ4n) is 3.40. The monoisotopic (exact) mass is 450 g/mol. The lowest BCUT2D eigenvalue weighted by Gasteiger charge is -2.30. The average molecular weight is 451 g/mol. The Labute approximate surface area is 191 Å². The number of morpholine rings is 1. The fourth-order valence-corrected chi connectivity index (χ4v) is 3.57. The zero-order valence-electron chi connectivity index (χ0n) is 17.3. The van der Waals surface area contributed by atoms with Crippen molar-refractivity contribution in [3.8, 4) is 0 Å². The first-order valence-corrected chi connectivity index (χ1v) is 10.6. The molecule has 1 fully saturated rings. The van der Waals surface area contributed by atoms with E-state index in [1.807, 2.05) is 30.3 Å². The highest BCUT2D eigenvalue weighted by Gasteiger charge is 2.17. The third kappa shape index (κ3) is 5.57. The molecule has 3 N–H and O–H groups in total. The molecule has 0 spiro atoms. The number of para-hydroxylation sites is 1. The molecule has 1 aliphatic rings. The molecule has 0 aliphatic carbocycles. The lowest BCUT2D eigenvalue weighted by molar-refractivity contribution is 0.102. The molecular formula is C24H23ClN4O3. The van der Waals surface area contributed by atoms with Gasteiger partial charge in [0, 0.05) is 35.1 Å². The molecule has 0 radical (unpaired) electrons. The van der Waals surface area contributed by atoms with Crippen molar-refractivity contribution < 1.29 is 14.3 Å². The lowest BCUT2D eigenvalue weighted by atomic mass is 10.1. The van der Waals surface area contributed by atoms with E-state index in [-0.39, 0.29) is 11.9 Å². The number of carbonyl (C=O) groups is 2. The minimum atomic E-state index is -0.359. The highest BCUT2D eigenvalue weighted by Crippen LogP contribution is 2.30. The molecule has 32 heavy (non-hydrogen) atoms. The van der Waals surface area contributed by atoms with Gasteiger partial charge in [0.2, 0.25) is 0 Å². The summed E-state index contributed by atoms with van der Waals surface area (Å²) in [5.74, 6) is -0.262. The Kier molecular flexibility index (Phi) is 6.89. The van der Waals surface area contributed by atoms with E-state index >= 15 is 0 Å². The fraction of sp³-hybridized carbons (Fsp3) is 0.167. The van der Waals surface area contributed by atoms with Crippen molar-refractivity contribution in [3.63, 3.8) is 0 Å². The van der Waals surface area contributed by atoms with Crippen LogP contribution in [0.5, 0.6) is 0 Å². The molecule has 164 valence electrons. The molecule has 1 aliphatic heterocycles. The number of rotatable bonds is 5. The van der Waals surface area contributed by atoms with Crippen LogP contribution in [0.4, 0.5) is 27.5 Å². The standard InChI is InChI=1S/C24H23ClN4O3/c25-18-8-11-22(29-12-14-32-15-13-29)21(16-18)28-23(30)17-6-9-20(10-7-17)27-24(31)26-19-4-2-1-3-5-19/h1-11,16H,12-15H2,(H,28,30)(H2,26,27,31). The Bertz CT molecular complexity index is 1080. The number of halogens is 1. The van der Waals surface area contributed by atoms with E-state index < -0.39 is 0 Å². The maximum absolute atomic E-state index is 12.8. The van der Waals surface area contributed by atoms with Gasteiger partial charge in [-0.25, -0.2) is 4.79 Å². The molecule has 3 aromatic carbocycles. The average Bonchev–Trinajstić information content (AvgIpc) is 2.81. The number of hydrogen-bond donors (Lipinski definition) is 3. The van der Waals surface area contributed by atoms with Gasteiger partial charge in [-0.1, -0.05) is 29.8 Å². The molecule has 0 bridgehead atoms. The van der Waals surface area contributed by atoms with Gasteiger partial charge in [0.1, 0.15) is 0 Å². The van der Waals surface area contributed by atoms with E-state index in [0.717, 1.165) is 18.8 Å². The summed E-state index contributed by atoms with van der Waals surface area (Å²) in [5, 5.41) is 8.99. The number of nitrogens with zero attached hydrogens (tertiary/aromatic N) is 1. The van der Waals surface area contributed by atoms with Crippen molar-refractivity contribution in [2.75, 3.05) is 47.2 Å². The van der Waals surface area contributed by atoms with Crippen LogP contribution in [0.25, 0.3) is 0 Å². The Hall–Kier alpha value is -3.55. The van der Waals surface area contributed by atoms with Gasteiger partial charge >= 0.3 is 6.03 Å². The van der Waals surface area contributed by atoms with Crippen molar-refractivity contribution in [1.82, 2.24) is 0 Å². The van der Waals surface area contributed by atoms with Crippen molar-refractivity contribution in [2.24, 2.45) is 0 Å². The number of urea groups is 1. The summed E-state index contributed by atoms with van der Waals surface area (Å²) >= 11 is 6.17.